The van der Waals surface area contributed by atoms with E-state index in [1.54, 1.807) is 18.3 Å². The van der Waals surface area contributed by atoms with Crippen LogP contribution in [0.1, 0.15) is 48.6 Å². The van der Waals surface area contributed by atoms with E-state index in [0.29, 0.717) is 24.2 Å². The van der Waals surface area contributed by atoms with Crippen molar-refractivity contribution < 1.29 is 9.84 Å². The number of fused-ring (bicyclic) bond motifs is 3. The molecule has 1 aromatic heterocycles. The largest absolute Gasteiger partial charge is 0.492 e. The fourth-order valence-corrected chi connectivity index (χ4v) is 4.99. The molecule has 2 aromatic rings. The van der Waals surface area contributed by atoms with Gasteiger partial charge in [-0.25, -0.2) is 9.98 Å². The van der Waals surface area contributed by atoms with Crippen molar-refractivity contribution in [3.63, 3.8) is 0 Å². The zero-order valence-corrected chi connectivity index (χ0v) is 19.3. The number of benzene rings is 1. The first-order valence-electron chi connectivity index (χ1n) is 10.9. The second-order valence-electron chi connectivity index (χ2n) is 8.48. The molecule has 2 aliphatic heterocycles. The minimum absolute atomic E-state index is 0.111. The lowest BCUT2D eigenvalue weighted by atomic mass is 9.90. The van der Waals surface area contributed by atoms with Crippen LogP contribution in [-0.2, 0) is 6.42 Å². The molecule has 1 saturated heterocycles. The summed E-state index contributed by atoms with van der Waals surface area (Å²) in [5.74, 6) is 2.51. The molecular formula is C23H31N5O2S. The summed E-state index contributed by atoms with van der Waals surface area (Å²) in [6.07, 6.45) is 1.65. The maximum atomic E-state index is 9.01. The molecule has 7 nitrogen and oxygen atoms in total. The smallest absolute Gasteiger partial charge is 0.186 e. The number of hydrogen-bond acceptors (Lipinski definition) is 6. The Balaban J connectivity index is 1.61. The zero-order valence-electron chi connectivity index (χ0n) is 18.5. The number of amidine groups is 2. The molecule has 31 heavy (non-hydrogen) atoms. The average molecular weight is 442 g/mol. The first-order valence-corrected chi connectivity index (χ1v) is 11.7. The van der Waals surface area contributed by atoms with Crippen LogP contribution in [0.15, 0.2) is 28.2 Å². The van der Waals surface area contributed by atoms with Gasteiger partial charge in [0.15, 0.2) is 10.8 Å². The number of nitrogens with zero attached hydrogens (tertiary/aromatic N) is 4. The summed E-state index contributed by atoms with van der Waals surface area (Å²) < 4.78 is 6.11. The summed E-state index contributed by atoms with van der Waals surface area (Å²) in [5.41, 5.74) is 9.15. The molecule has 1 fully saturated rings. The van der Waals surface area contributed by atoms with Crippen LogP contribution in [0.2, 0.25) is 0 Å². The molecular weight excluding hydrogens is 410 g/mol. The number of aliphatic hydroxyl groups is 1. The van der Waals surface area contributed by atoms with Crippen LogP contribution in [0, 0.1) is 0 Å². The van der Waals surface area contributed by atoms with E-state index in [4.69, 9.17) is 20.6 Å². The molecule has 0 spiro atoms. The molecule has 2 aliphatic rings. The number of thiazole rings is 1. The van der Waals surface area contributed by atoms with Gasteiger partial charge in [0.2, 0.25) is 0 Å². The number of likely N-dealkylation sites (tertiary alicyclic amines) is 1. The minimum Gasteiger partial charge on any atom is -0.492 e. The third-order valence-electron chi connectivity index (χ3n) is 5.46. The molecule has 0 aliphatic carbocycles. The Morgan fingerprint density at radius 2 is 2.19 bits per heavy atom. The van der Waals surface area contributed by atoms with Crippen LogP contribution in [0.3, 0.4) is 0 Å². The van der Waals surface area contributed by atoms with Gasteiger partial charge >= 0.3 is 0 Å². The summed E-state index contributed by atoms with van der Waals surface area (Å²) in [6.45, 7) is 9.74. The van der Waals surface area contributed by atoms with E-state index >= 15 is 0 Å². The van der Waals surface area contributed by atoms with E-state index in [1.807, 2.05) is 13.8 Å². The van der Waals surface area contributed by atoms with Gasteiger partial charge in [0, 0.05) is 55.1 Å². The van der Waals surface area contributed by atoms with Gasteiger partial charge in [0.1, 0.15) is 5.75 Å². The van der Waals surface area contributed by atoms with Gasteiger partial charge in [-0.1, -0.05) is 6.07 Å². The van der Waals surface area contributed by atoms with Crippen molar-refractivity contribution in [2.75, 3.05) is 32.8 Å². The predicted molar refractivity (Wildman–Crippen MR) is 127 cm³/mol. The van der Waals surface area contributed by atoms with Crippen molar-refractivity contribution in [2.24, 2.45) is 15.7 Å². The molecule has 0 atom stereocenters. The number of nitrogens with two attached hydrogens (primary N) is 1. The monoisotopic (exact) mass is 441 g/mol. The Hall–Kier alpha value is -2.29. The normalized spacial score (nSPS) is 17.7. The fourth-order valence-electron chi connectivity index (χ4n) is 3.99. The molecule has 0 unspecified atom stereocenters. The van der Waals surface area contributed by atoms with Crippen molar-refractivity contribution in [3.05, 3.63) is 33.6 Å². The summed E-state index contributed by atoms with van der Waals surface area (Å²) in [4.78, 5) is 17.6. The lowest BCUT2D eigenvalue weighted by Crippen LogP contribution is -2.45. The van der Waals surface area contributed by atoms with Gasteiger partial charge in [-0.05, 0) is 44.9 Å². The van der Waals surface area contributed by atoms with Crippen molar-refractivity contribution in [1.29, 1.82) is 0 Å². The standard InChI is InChI=1S/C23H31N5O2S/c1-14(2)25-22(26-15(3)24)23-27-21-18-6-5-16(17-12-28(13-17)8-4-9-29)11-19(18)30-10-7-20(21)31-23/h5-6,11,14,17,29H,4,7-10,12-13H2,1-3H3,(H2,24,25,26). The molecule has 0 radical (unpaired) electrons. The zero-order chi connectivity index (χ0) is 22.0. The van der Waals surface area contributed by atoms with E-state index < -0.39 is 0 Å². The van der Waals surface area contributed by atoms with E-state index in [0.717, 1.165) is 54.5 Å². The number of aliphatic imine (C=N–C) groups is 2. The van der Waals surface area contributed by atoms with Crippen LogP contribution in [0.25, 0.3) is 11.3 Å². The fraction of sp³-hybridized carbons (Fsp3) is 0.522. The summed E-state index contributed by atoms with van der Waals surface area (Å²) in [5, 5.41) is 9.81. The second-order valence-corrected chi connectivity index (χ2v) is 9.56. The van der Waals surface area contributed by atoms with Crippen molar-refractivity contribution in [1.82, 2.24) is 9.88 Å². The SMILES string of the molecule is CC(N)=NC(=NC(C)C)c1nc2c(s1)CCOc1cc(C3CN(CCCO)C3)ccc1-2. The average Bonchev–Trinajstić information content (AvgIpc) is 3.02. The van der Waals surface area contributed by atoms with Crippen LogP contribution in [0.5, 0.6) is 5.75 Å². The number of ether oxygens (including phenoxy) is 1. The Kier molecular flexibility index (Phi) is 6.69. The van der Waals surface area contributed by atoms with E-state index in [9.17, 15) is 0 Å². The molecule has 0 amide bonds. The topological polar surface area (TPSA) is 96.3 Å². The van der Waals surface area contributed by atoms with Crippen molar-refractivity contribution >= 4 is 23.0 Å². The highest BCUT2D eigenvalue weighted by Gasteiger charge is 2.29. The van der Waals surface area contributed by atoms with Gasteiger partial charge in [-0.2, -0.15) is 0 Å². The maximum absolute atomic E-state index is 9.01. The highest BCUT2D eigenvalue weighted by atomic mass is 32.1. The summed E-state index contributed by atoms with van der Waals surface area (Å²) >= 11 is 1.63. The summed E-state index contributed by atoms with van der Waals surface area (Å²) in [6, 6.07) is 6.64. The minimum atomic E-state index is 0.111. The van der Waals surface area contributed by atoms with Gasteiger partial charge in [0.25, 0.3) is 0 Å². The molecule has 4 rings (SSSR count). The van der Waals surface area contributed by atoms with Gasteiger partial charge in [-0.15, -0.1) is 11.3 Å². The molecule has 8 heteroatoms. The van der Waals surface area contributed by atoms with Crippen LogP contribution in [0.4, 0.5) is 0 Å². The van der Waals surface area contributed by atoms with Crippen molar-refractivity contribution in [2.45, 2.75) is 45.6 Å². The highest BCUT2D eigenvalue weighted by Crippen LogP contribution is 2.40. The Labute approximate surface area is 187 Å². The highest BCUT2D eigenvalue weighted by molar-refractivity contribution is 7.14. The molecule has 0 saturated carbocycles. The second kappa shape index (κ2) is 9.46. The molecule has 0 bridgehead atoms. The van der Waals surface area contributed by atoms with Gasteiger partial charge < -0.3 is 20.5 Å². The van der Waals surface area contributed by atoms with E-state index in [2.05, 4.69) is 33.1 Å². The number of rotatable bonds is 6. The van der Waals surface area contributed by atoms with Crippen molar-refractivity contribution in [3.8, 4) is 17.0 Å². The van der Waals surface area contributed by atoms with Gasteiger partial charge in [-0.3, -0.25) is 4.99 Å². The molecule has 3 heterocycles. The number of aliphatic hydroxyl groups excluding tert-OH is 1. The Morgan fingerprint density at radius 1 is 1.39 bits per heavy atom. The number of hydrogen-bond donors (Lipinski definition) is 2. The lowest BCUT2D eigenvalue weighted by Gasteiger charge is -2.39. The third-order valence-corrected chi connectivity index (χ3v) is 6.57. The molecule has 1 aromatic carbocycles. The maximum Gasteiger partial charge on any atom is 0.186 e. The molecule has 3 N–H and O–H groups in total. The Bertz CT molecular complexity index is 988. The van der Waals surface area contributed by atoms with E-state index in [1.165, 1.54) is 10.4 Å². The van der Waals surface area contributed by atoms with E-state index in [-0.39, 0.29) is 12.6 Å². The van der Waals surface area contributed by atoms with Gasteiger partial charge in [0.05, 0.1) is 18.1 Å². The van der Waals surface area contributed by atoms with Crippen LogP contribution < -0.4 is 10.5 Å². The summed E-state index contributed by atoms with van der Waals surface area (Å²) in [7, 11) is 0. The Morgan fingerprint density at radius 3 is 2.90 bits per heavy atom. The number of aromatic nitrogens is 1. The van der Waals surface area contributed by atoms with Crippen LogP contribution in [-0.4, -0.2) is 65.6 Å². The third kappa shape index (κ3) is 4.97. The quantitative estimate of drug-likeness (QED) is 0.531. The lowest BCUT2D eigenvalue weighted by molar-refractivity contribution is 0.134. The predicted octanol–water partition coefficient (Wildman–Crippen LogP) is 3.06. The molecule has 166 valence electrons. The first kappa shape index (κ1) is 21.9. The van der Waals surface area contributed by atoms with Crippen LogP contribution >= 0.6 is 11.3 Å². The first-order chi connectivity index (χ1) is 14.9.